The molecule has 94 valence electrons. The summed E-state index contributed by atoms with van der Waals surface area (Å²) < 4.78 is 0. The zero-order chi connectivity index (χ0) is 13.0. The third-order valence-electron chi connectivity index (χ3n) is 2.23. The van der Waals surface area contributed by atoms with Crippen LogP contribution in [0.3, 0.4) is 0 Å². The summed E-state index contributed by atoms with van der Waals surface area (Å²) in [4.78, 5) is 19.3. The van der Waals surface area contributed by atoms with Gasteiger partial charge in [0.05, 0.1) is 11.9 Å². The molecule has 0 fully saturated rings. The zero-order valence-electron chi connectivity index (χ0n) is 10.7. The van der Waals surface area contributed by atoms with E-state index < -0.39 is 5.97 Å². The Labute approximate surface area is 101 Å². The standard InChI is InChI=1S/C12H19N3O2/c1-7(2)5-13-9-6-14-11(8(3)4)15-10(9)12(16)17/h6-8,13H,5H2,1-4H3,(H,16,17). The van der Waals surface area contributed by atoms with Crippen LogP contribution in [0, 0.1) is 5.92 Å². The van der Waals surface area contributed by atoms with Crippen molar-refractivity contribution in [3.8, 4) is 0 Å². The molecule has 0 amide bonds. The van der Waals surface area contributed by atoms with Gasteiger partial charge >= 0.3 is 5.97 Å². The quantitative estimate of drug-likeness (QED) is 0.822. The lowest BCUT2D eigenvalue weighted by Crippen LogP contribution is -2.15. The summed E-state index contributed by atoms with van der Waals surface area (Å²) in [5, 5.41) is 12.2. The minimum atomic E-state index is -1.03. The monoisotopic (exact) mass is 237 g/mol. The number of hydrogen-bond acceptors (Lipinski definition) is 4. The van der Waals surface area contributed by atoms with Gasteiger partial charge in [0.2, 0.25) is 0 Å². The van der Waals surface area contributed by atoms with Crippen LogP contribution in [0.15, 0.2) is 6.20 Å². The predicted molar refractivity (Wildman–Crippen MR) is 66.4 cm³/mol. The molecule has 0 aliphatic rings. The second-order valence-corrected chi connectivity index (χ2v) is 4.73. The number of rotatable bonds is 5. The van der Waals surface area contributed by atoms with E-state index in [1.165, 1.54) is 0 Å². The number of aromatic carboxylic acids is 1. The molecule has 0 bridgehead atoms. The van der Waals surface area contributed by atoms with E-state index in [-0.39, 0.29) is 11.6 Å². The molecule has 0 saturated carbocycles. The fourth-order valence-electron chi connectivity index (χ4n) is 1.28. The van der Waals surface area contributed by atoms with Crippen molar-refractivity contribution in [2.24, 2.45) is 5.92 Å². The Balaban J connectivity index is 3.00. The molecular formula is C12H19N3O2. The number of carboxylic acid groups (broad SMARTS) is 1. The molecule has 1 aromatic heterocycles. The van der Waals surface area contributed by atoms with Crippen LogP contribution in [-0.4, -0.2) is 27.6 Å². The fourth-order valence-corrected chi connectivity index (χ4v) is 1.28. The number of anilines is 1. The first kappa shape index (κ1) is 13.4. The van der Waals surface area contributed by atoms with E-state index >= 15 is 0 Å². The van der Waals surface area contributed by atoms with Crippen LogP contribution in [0.2, 0.25) is 0 Å². The Morgan fingerprint density at radius 2 is 2.06 bits per heavy atom. The van der Waals surface area contributed by atoms with Gasteiger partial charge in [-0.05, 0) is 5.92 Å². The van der Waals surface area contributed by atoms with E-state index in [0.29, 0.717) is 24.0 Å². The molecule has 2 N–H and O–H groups in total. The van der Waals surface area contributed by atoms with E-state index in [9.17, 15) is 4.79 Å². The topological polar surface area (TPSA) is 75.1 Å². The second kappa shape index (κ2) is 5.61. The molecule has 0 aliphatic heterocycles. The molecule has 1 heterocycles. The molecule has 0 spiro atoms. The molecule has 1 rings (SSSR count). The van der Waals surface area contributed by atoms with Crippen molar-refractivity contribution < 1.29 is 9.90 Å². The highest BCUT2D eigenvalue weighted by molar-refractivity contribution is 5.91. The third kappa shape index (κ3) is 3.69. The Bertz CT molecular complexity index is 403. The van der Waals surface area contributed by atoms with E-state index in [1.54, 1.807) is 6.20 Å². The predicted octanol–water partition coefficient (Wildman–Crippen LogP) is 2.37. The van der Waals surface area contributed by atoms with Crippen molar-refractivity contribution in [3.63, 3.8) is 0 Å². The number of hydrogen-bond donors (Lipinski definition) is 2. The van der Waals surface area contributed by atoms with Crippen LogP contribution >= 0.6 is 0 Å². The maximum Gasteiger partial charge on any atom is 0.356 e. The molecule has 0 atom stereocenters. The summed E-state index contributed by atoms with van der Waals surface area (Å²) in [6.07, 6.45) is 1.55. The van der Waals surface area contributed by atoms with Gasteiger partial charge in [0.1, 0.15) is 5.82 Å². The summed E-state index contributed by atoms with van der Waals surface area (Å²) in [6.45, 7) is 8.67. The third-order valence-corrected chi connectivity index (χ3v) is 2.23. The van der Waals surface area contributed by atoms with Crippen molar-refractivity contribution >= 4 is 11.7 Å². The molecule has 0 radical (unpaired) electrons. The lowest BCUT2D eigenvalue weighted by Gasteiger charge is -2.12. The van der Waals surface area contributed by atoms with Crippen LogP contribution in [-0.2, 0) is 0 Å². The molecule has 0 unspecified atom stereocenters. The van der Waals surface area contributed by atoms with Crippen molar-refractivity contribution in [2.45, 2.75) is 33.6 Å². The van der Waals surface area contributed by atoms with Crippen LogP contribution < -0.4 is 5.32 Å². The molecule has 5 heteroatoms. The van der Waals surface area contributed by atoms with Crippen LogP contribution in [0.1, 0.15) is 49.9 Å². The average Bonchev–Trinajstić information content (AvgIpc) is 2.25. The van der Waals surface area contributed by atoms with Gasteiger partial charge in [-0.25, -0.2) is 14.8 Å². The van der Waals surface area contributed by atoms with Gasteiger partial charge in [0.25, 0.3) is 0 Å². The highest BCUT2D eigenvalue weighted by Crippen LogP contribution is 2.16. The number of aromatic nitrogens is 2. The minimum absolute atomic E-state index is 0.0457. The highest BCUT2D eigenvalue weighted by Gasteiger charge is 2.15. The summed E-state index contributed by atoms with van der Waals surface area (Å²) in [7, 11) is 0. The molecule has 0 aliphatic carbocycles. The fraction of sp³-hybridized carbons (Fsp3) is 0.583. The van der Waals surface area contributed by atoms with Gasteiger partial charge in [0.15, 0.2) is 5.69 Å². The van der Waals surface area contributed by atoms with Crippen LogP contribution in [0.4, 0.5) is 5.69 Å². The van der Waals surface area contributed by atoms with Crippen molar-refractivity contribution in [2.75, 3.05) is 11.9 Å². The average molecular weight is 237 g/mol. The maximum atomic E-state index is 11.1. The normalized spacial score (nSPS) is 10.9. The first-order chi connectivity index (χ1) is 7.91. The van der Waals surface area contributed by atoms with Gasteiger partial charge in [0, 0.05) is 12.5 Å². The second-order valence-electron chi connectivity index (χ2n) is 4.73. The Morgan fingerprint density at radius 3 is 2.53 bits per heavy atom. The van der Waals surface area contributed by atoms with Gasteiger partial charge in [-0.3, -0.25) is 0 Å². The smallest absolute Gasteiger partial charge is 0.356 e. The minimum Gasteiger partial charge on any atom is -0.476 e. The first-order valence-electron chi connectivity index (χ1n) is 5.76. The Kier molecular flexibility index (Phi) is 4.43. The molecule has 17 heavy (non-hydrogen) atoms. The lowest BCUT2D eigenvalue weighted by molar-refractivity contribution is 0.0691. The summed E-state index contributed by atoms with van der Waals surface area (Å²) >= 11 is 0. The number of carbonyl (C=O) groups is 1. The Morgan fingerprint density at radius 1 is 1.41 bits per heavy atom. The van der Waals surface area contributed by atoms with Crippen molar-refractivity contribution in [1.29, 1.82) is 0 Å². The Hall–Kier alpha value is -1.65. The SMILES string of the molecule is CC(C)CNc1cnc(C(C)C)nc1C(=O)O. The van der Waals surface area contributed by atoms with E-state index in [0.717, 1.165) is 0 Å². The summed E-state index contributed by atoms with van der Waals surface area (Å²) in [5.41, 5.74) is 0.528. The number of nitrogens with zero attached hydrogens (tertiary/aromatic N) is 2. The van der Waals surface area contributed by atoms with Crippen molar-refractivity contribution in [1.82, 2.24) is 9.97 Å². The number of nitrogens with one attached hydrogen (secondary N) is 1. The van der Waals surface area contributed by atoms with Gasteiger partial charge in [-0.15, -0.1) is 0 Å². The largest absolute Gasteiger partial charge is 0.476 e. The maximum absolute atomic E-state index is 11.1. The summed E-state index contributed by atoms with van der Waals surface area (Å²) in [5.74, 6) is 0.0757. The van der Waals surface area contributed by atoms with Gasteiger partial charge in [-0.2, -0.15) is 0 Å². The molecular weight excluding hydrogens is 218 g/mol. The van der Waals surface area contributed by atoms with Crippen LogP contribution in [0.5, 0.6) is 0 Å². The van der Waals surface area contributed by atoms with Gasteiger partial charge < -0.3 is 10.4 Å². The van der Waals surface area contributed by atoms with Crippen molar-refractivity contribution in [3.05, 3.63) is 17.7 Å². The molecule has 0 aromatic carbocycles. The van der Waals surface area contributed by atoms with Crippen LogP contribution in [0.25, 0.3) is 0 Å². The molecule has 1 aromatic rings. The highest BCUT2D eigenvalue weighted by atomic mass is 16.4. The van der Waals surface area contributed by atoms with E-state index in [1.807, 2.05) is 13.8 Å². The lowest BCUT2D eigenvalue weighted by atomic mass is 10.2. The summed E-state index contributed by atoms with van der Waals surface area (Å²) in [6, 6.07) is 0. The molecule has 0 saturated heterocycles. The van der Waals surface area contributed by atoms with E-state index in [4.69, 9.17) is 5.11 Å². The van der Waals surface area contributed by atoms with Gasteiger partial charge in [-0.1, -0.05) is 27.7 Å². The zero-order valence-corrected chi connectivity index (χ0v) is 10.7. The first-order valence-corrected chi connectivity index (χ1v) is 5.76. The molecule has 5 nitrogen and oxygen atoms in total. The van der Waals surface area contributed by atoms with E-state index in [2.05, 4.69) is 29.1 Å². The number of carboxylic acids is 1.